The number of carbonyl (C=O) groups excluding carboxylic acids is 2. The zero-order chi connectivity index (χ0) is 19.8. The van der Waals surface area contributed by atoms with Gasteiger partial charge in [0.25, 0.3) is 0 Å². The summed E-state index contributed by atoms with van der Waals surface area (Å²) in [5.74, 6) is 0.903. The predicted molar refractivity (Wildman–Crippen MR) is 107 cm³/mol. The molecular formula is C19H31N5O3S. The van der Waals surface area contributed by atoms with Gasteiger partial charge >= 0.3 is 0 Å². The fourth-order valence-corrected chi connectivity index (χ4v) is 4.60. The van der Waals surface area contributed by atoms with Crippen molar-refractivity contribution in [2.45, 2.75) is 75.6 Å². The van der Waals surface area contributed by atoms with Gasteiger partial charge < -0.3 is 19.9 Å². The van der Waals surface area contributed by atoms with Gasteiger partial charge in [-0.2, -0.15) is 0 Å². The van der Waals surface area contributed by atoms with E-state index in [1.807, 2.05) is 9.47 Å². The topological polar surface area (TPSA) is 103 Å². The molecule has 2 aliphatic heterocycles. The number of carbonyl (C=O) groups is 2. The molecule has 2 N–H and O–H groups in total. The van der Waals surface area contributed by atoms with Gasteiger partial charge in [-0.25, -0.2) is 0 Å². The first-order valence-electron chi connectivity index (χ1n) is 10.4. The van der Waals surface area contributed by atoms with Crippen molar-refractivity contribution in [3.05, 3.63) is 5.82 Å². The van der Waals surface area contributed by atoms with Gasteiger partial charge in [-0.15, -0.1) is 10.2 Å². The average Bonchev–Trinajstić information content (AvgIpc) is 3.28. The first kappa shape index (κ1) is 21.1. The molecule has 9 heteroatoms. The Morgan fingerprint density at radius 3 is 2.54 bits per heavy atom. The molecule has 0 bridgehead atoms. The van der Waals surface area contributed by atoms with Gasteiger partial charge in [0.1, 0.15) is 5.82 Å². The number of aryl methyl sites for hydroxylation is 1. The molecule has 2 saturated heterocycles. The number of primary amides is 1. The van der Waals surface area contributed by atoms with Crippen LogP contribution in [0.15, 0.2) is 5.16 Å². The van der Waals surface area contributed by atoms with E-state index in [-0.39, 0.29) is 24.3 Å². The highest BCUT2D eigenvalue weighted by Crippen LogP contribution is 2.23. The van der Waals surface area contributed by atoms with Crippen LogP contribution in [-0.2, 0) is 27.3 Å². The molecule has 0 saturated carbocycles. The lowest BCUT2D eigenvalue weighted by atomic mass is 10.1. The quantitative estimate of drug-likeness (QED) is 0.656. The van der Waals surface area contributed by atoms with Crippen LogP contribution in [0.4, 0.5) is 0 Å². The second-order valence-corrected chi connectivity index (χ2v) is 8.49. The lowest BCUT2D eigenvalue weighted by Crippen LogP contribution is -2.35. The summed E-state index contributed by atoms with van der Waals surface area (Å²) in [4.78, 5) is 25.8. The molecule has 0 spiro atoms. The molecule has 8 nitrogen and oxygen atoms in total. The first-order chi connectivity index (χ1) is 13.6. The van der Waals surface area contributed by atoms with Crippen LogP contribution in [0.25, 0.3) is 0 Å². The van der Waals surface area contributed by atoms with E-state index in [1.54, 1.807) is 0 Å². The second kappa shape index (κ2) is 10.8. The minimum Gasteiger partial charge on any atom is -0.376 e. The van der Waals surface area contributed by atoms with Gasteiger partial charge in [-0.05, 0) is 25.7 Å². The van der Waals surface area contributed by atoms with Crippen LogP contribution in [0.1, 0.15) is 57.2 Å². The Labute approximate surface area is 170 Å². The third-order valence-corrected chi connectivity index (χ3v) is 6.28. The fraction of sp³-hybridized carbons (Fsp3) is 0.789. The van der Waals surface area contributed by atoms with Gasteiger partial charge in [0.2, 0.25) is 11.8 Å². The lowest BCUT2D eigenvalue weighted by Gasteiger charge is -2.24. The summed E-state index contributed by atoms with van der Waals surface area (Å²) >= 11 is 1.43. The van der Waals surface area contributed by atoms with Crippen molar-refractivity contribution in [3.8, 4) is 0 Å². The second-order valence-electron chi connectivity index (χ2n) is 7.55. The highest BCUT2D eigenvalue weighted by molar-refractivity contribution is 7.99. The van der Waals surface area contributed by atoms with Crippen LogP contribution in [-0.4, -0.2) is 63.0 Å². The summed E-state index contributed by atoms with van der Waals surface area (Å²) in [6, 6.07) is 0. The van der Waals surface area contributed by atoms with Crippen molar-refractivity contribution in [1.82, 2.24) is 19.7 Å². The van der Waals surface area contributed by atoms with Gasteiger partial charge in [-0.1, -0.05) is 31.0 Å². The fourth-order valence-electron chi connectivity index (χ4n) is 3.74. The zero-order valence-electron chi connectivity index (χ0n) is 16.5. The maximum atomic E-state index is 12.7. The number of nitrogens with zero attached hydrogens (tertiary/aromatic N) is 4. The van der Waals surface area contributed by atoms with Crippen molar-refractivity contribution in [1.29, 1.82) is 0 Å². The summed E-state index contributed by atoms with van der Waals surface area (Å²) < 4.78 is 7.76. The van der Waals surface area contributed by atoms with E-state index >= 15 is 0 Å². The van der Waals surface area contributed by atoms with Crippen LogP contribution >= 0.6 is 11.8 Å². The molecule has 2 aliphatic rings. The molecule has 2 amide bonds. The Morgan fingerprint density at radius 1 is 1.11 bits per heavy atom. The zero-order valence-corrected chi connectivity index (χ0v) is 17.3. The van der Waals surface area contributed by atoms with Crippen molar-refractivity contribution in [2.75, 3.05) is 25.4 Å². The van der Waals surface area contributed by atoms with Crippen LogP contribution in [0.3, 0.4) is 0 Å². The first-order valence-corrected chi connectivity index (χ1v) is 11.3. The standard InChI is InChI=1S/C19H31N5O3S/c20-16(25)8-9-17-21-22-19(24(17)13-15-7-6-12-27-15)28-14-18(26)23-10-4-2-1-3-5-11-23/h15H,1-14H2,(H2,20,25). The third kappa shape index (κ3) is 6.20. The third-order valence-electron chi connectivity index (χ3n) is 5.33. The SMILES string of the molecule is NC(=O)CCc1nnc(SCC(=O)N2CCCCCCC2)n1CC1CCCO1. The Bertz CT molecular complexity index is 652. The Kier molecular flexibility index (Phi) is 8.14. The number of thioether (sulfide) groups is 1. The van der Waals surface area contributed by atoms with E-state index in [0.717, 1.165) is 56.4 Å². The number of amides is 2. The summed E-state index contributed by atoms with van der Waals surface area (Å²) in [7, 11) is 0. The van der Waals surface area contributed by atoms with Crippen molar-refractivity contribution >= 4 is 23.6 Å². The summed E-state index contributed by atoms with van der Waals surface area (Å²) in [5.41, 5.74) is 5.29. The Balaban J connectivity index is 1.62. The lowest BCUT2D eigenvalue weighted by molar-refractivity contribution is -0.128. The molecule has 3 heterocycles. The number of rotatable bonds is 8. The maximum absolute atomic E-state index is 12.7. The smallest absolute Gasteiger partial charge is 0.233 e. The molecule has 1 atom stereocenters. The minimum absolute atomic E-state index is 0.132. The minimum atomic E-state index is -0.354. The molecule has 1 unspecified atom stereocenters. The van der Waals surface area contributed by atoms with Crippen LogP contribution in [0, 0.1) is 0 Å². The molecule has 28 heavy (non-hydrogen) atoms. The number of nitrogens with two attached hydrogens (primary N) is 1. The Morgan fingerprint density at radius 2 is 1.86 bits per heavy atom. The highest BCUT2D eigenvalue weighted by atomic mass is 32.2. The van der Waals surface area contributed by atoms with Crippen molar-refractivity contribution < 1.29 is 14.3 Å². The highest BCUT2D eigenvalue weighted by Gasteiger charge is 2.22. The van der Waals surface area contributed by atoms with E-state index in [0.29, 0.717) is 18.7 Å². The van der Waals surface area contributed by atoms with Crippen molar-refractivity contribution in [3.63, 3.8) is 0 Å². The maximum Gasteiger partial charge on any atom is 0.233 e. The molecular weight excluding hydrogens is 378 g/mol. The van der Waals surface area contributed by atoms with Crippen LogP contribution in [0.2, 0.25) is 0 Å². The molecule has 1 aromatic heterocycles. The summed E-state index contributed by atoms with van der Waals surface area (Å²) in [6.45, 7) is 3.14. The van der Waals surface area contributed by atoms with Crippen molar-refractivity contribution in [2.24, 2.45) is 5.73 Å². The Hall–Kier alpha value is -1.61. The molecule has 0 radical (unpaired) electrons. The largest absolute Gasteiger partial charge is 0.376 e. The summed E-state index contributed by atoms with van der Waals surface area (Å²) in [5, 5.41) is 9.25. The van der Waals surface area contributed by atoms with E-state index in [9.17, 15) is 9.59 Å². The average molecular weight is 410 g/mol. The summed E-state index contributed by atoms with van der Waals surface area (Å²) in [6.07, 6.45) is 8.74. The normalized spacial score (nSPS) is 20.7. The monoisotopic (exact) mass is 409 g/mol. The molecule has 3 rings (SSSR count). The van der Waals surface area contributed by atoms with Gasteiger partial charge in [0.15, 0.2) is 5.16 Å². The van der Waals surface area contributed by atoms with E-state index in [1.165, 1.54) is 31.0 Å². The van der Waals surface area contributed by atoms with Crippen LogP contribution in [0.5, 0.6) is 0 Å². The van der Waals surface area contributed by atoms with Gasteiger partial charge in [0, 0.05) is 32.5 Å². The van der Waals surface area contributed by atoms with E-state index in [2.05, 4.69) is 10.2 Å². The molecule has 156 valence electrons. The molecule has 0 aliphatic carbocycles. The predicted octanol–water partition coefficient (Wildman–Crippen LogP) is 1.76. The van der Waals surface area contributed by atoms with E-state index in [4.69, 9.17) is 10.5 Å². The van der Waals surface area contributed by atoms with E-state index < -0.39 is 0 Å². The number of hydrogen-bond donors (Lipinski definition) is 1. The van der Waals surface area contributed by atoms with Crippen LogP contribution < -0.4 is 5.73 Å². The molecule has 0 aromatic carbocycles. The number of likely N-dealkylation sites (tertiary alicyclic amines) is 1. The molecule has 2 fully saturated rings. The molecule has 1 aromatic rings. The van der Waals surface area contributed by atoms with Gasteiger partial charge in [0.05, 0.1) is 18.4 Å². The number of aromatic nitrogens is 3. The van der Waals surface area contributed by atoms with Gasteiger partial charge in [-0.3, -0.25) is 9.59 Å². The number of hydrogen-bond acceptors (Lipinski definition) is 6. The number of ether oxygens (including phenoxy) is 1.